The summed E-state index contributed by atoms with van der Waals surface area (Å²) < 4.78 is 41.1. The highest BCUT2D eigenvalue weighted by Crippen LogP contribution is 2.51. The first-order valence-electron chi connectivity index (χ1n) is 16.9. The second kappa shape index (κ2) is 9.55. The molecule has 0 bridgehead atoms. The van der Waals surface area contributed by atoms with E-state index in [2.05, 4.69) is 92.7 Å². The molecule has 43 heavy (non-hydrogen) atoms. The molecule has 0 spiro atoms. The highest BCUT2D eigenvalue weighted by Gasteiger charge is 2.36. The molecule has 202 valence electrons. The van der Waals surface area contributed by atoms with Crippen LogP contribution in [0.1, 0.15) is 37.4 Å². The highest BCUT2D eigenvalue weighted by atomic mass is 14.4. The Morgan fingerprint density at radius 1 is 0.535 bits per heavy atom. The average Bonchev–Trinajstić information content (AvgIpc) is 3.34. The van der Waals surface area contributed by atoms with Crippen LogP contribution in [0.3, 0.4) is 0 Å². The molecule has 1 aliphatic rings. The number of nitriles is 1. The van der Waals surface area contributed by atoms with Gasteiger partial charge in [0.25, 0.3) is 0 Å². The van der Waals surface area contributed by atoms with Crippen LogP contribution in [0.4, 0.5) is 0 Å². The summed E-state index contributed by atoms with van der Waals surface area (Å²) in [4.78, 5) is 0. The fraction of sp³-hybridized carbons (Fsp3) is 0.0714. The lowest BCUT2D eigenvalue weighted by atomic mass is 9.80. The molecule has 0 saturated carbocycles. The van der Waals surface area contributed by atoms with Gasteiger partial charge in [-0.05, 0) is 95.4 Å². The summed E-state index contributed by atoms with van der Waals surface area (Å²) in [6, 6.07) is 38.1. The fourth-order valence-electron chi connectivity index (χ4n) is 6.91. The summed E-state index contributed by atoms with van der Waals surface area (Å²) in [6.07, 6.45) is 0. The van der Waals surface area contributed by atoms with Crippen LogP contribution < -0.4 is 0 Å². The summed E-state index contributed by atoms with van der Waals surface area (Å²) in [5.74, 6) is 0. The quantitative estimate of drug-likeness (QED) is 0.200. The Morgan fingerprint density at radius 2 is 1.02 bits per heavy atom. The van der Waals surface area contributed by atoms with Crippen molar-refractivity contribution < 1.29 is 6.85 Å². The van der Waals surface area contributed by atoms with Gasteiger partial charge in [0.2, 0.25) is 0 Å². The zero-order chi connectivity index (χ0) is 33.5. The molecule has 1 nitrogen and oxygen atoms in total. The second-order valence-corrected chi connectivity index (χ2v) is 11.7. The number of rotatable bonds is 3. The first kappa shape index (κ1) is 20.4. The number of benzene rings is 7. The minimum atomic E-state index is -0.395. The van der Waals surface area contributed by atoms with Gasteiger partial charge in [-0.3, -0.25) is 0 Å². The van der Waals surface area contributed by atoms with E-state index in [-0.39, 0.29) is 35.1 Å². The van der Waals surface area contributed by atoms with Crippen LogP contribution in [0.2, 0.25) is 0 Å². The van der Waals surface area contributed by atoms with Crippen molar-refractivity contribution in [1.29, 1.82) is 5.26 Å². The topological polar surface area (TPSA) is 23.8 Å². The van der Waals surface area contributed by atoms with Crippen molar-refractivity contribution in [2.45, 2.75) is 19.3 Å². The first-order chi connectivity index (χ1) is 23.1. The summed E-state index contributed by atoms with van der Waals surface area (Å²) in [6.45, 7) is 4.46. The van der Waals surface area contributed by atoms with Gasteiger partial charge in [0.05, 0.1) is 18.5 Å². The molecule has 0 N–H and O–H groups in total. The van der Waals surface area contributed by atoms with E-state index in [9.17, 15) is 5.26 Å². The molecule has 0 atom stereocenters. The van der Waals surface area contributed by atoms with Crippen LogP contribution in [0.25, 0.3) is 66.1 Å². The molecular formula is C42H29N. The molecule has 0 aliphatic heterocycles. The van der Waals surface area contributed by atoms with E-state index in [0.717, 1.165) is 43.8 Å². The second-order valence-electron chi connectivity index (χ2n) is 11.7. The van der Waals surface area contributed by atoms with E-state index >= 15 is 0 Å². The molecule has 0 fully saturated rings. The zero-order valence-corrected chi connectivity index (χ0v) is 23.8. The summed E-state index contributed by atoms with van der Waals surface area (Å²) in [5, 5.41) is 14.0. The summed E-state index contributed by atoms with van der Waals surface area (Å²) in [5.41, 5.74) is 10.3. The lowest BCUT2D eigenvalue weighted by molar-refractivity contribution is 0.660. The molecule has 0 saturated heterocycles. The molecule has 1 aliphatic carbocycles. The van der Waals surface area contributed by atoms with Gasteiger partial charge in [-0.1, -0.05) is 135 Å². The monoisotopic (exact) mass is 552 g/mol. The van der Waals surface area contributed by atoms with E-state index in [1.807, 2.05) is 36.4 Å². The number of hydrogen-bond acceptors (Lipinski definition) is 1. The third kappa shape index (κ3) is 3.84. The smallest absolute Gasteiger partial charge is 0.0991 e. The Bertz CT molecular complexity index is 2460. The molecular weight excluding hydrogens is 518 g/mol. The minimum Gasteiger partial charge on any atom is -0.192 e. The molecule has 7 aromatic rings. The zero-order valence-electron chi connectivity index (χ0n) is 28.8. The van der Waals surface area contributed by atoms with E-state index < -0.39 is 6.04 Å². The Labute approximate surface area is 259 Å². The van der Waals surface area contributed by atoms with Crippen LogP contribution in [0.5, 0.6) is 0 Å². The van der Waals surface area contributed by atoms with Gasteiger partial charge < -0.3 is 0 Å². The van der Waals surface area contributed by atoms with Gasteiger partial charge >= 0.3 is 0 Å². The maximum atomic E-state index is 9.59. The van der Waals surface area contributed by atoms with Crippen LogP contribution >= 0.6 is 0 Å². The van der Waals surface area contributed by atoms with Crippen molar-refractivity contribution in [3.8, 4) is 50.6 Å². The van der Waals surface area contributed by atoms with E-state index in [0.29, 0.717) is 11.1 Å². The van der Waals surface area contributed by atoms with Crippen LogP contribution in [0.15, 0.2) is 139 Å². The van der Waals surface area contributed by atoms with Crippen LogP contribution in [0, 0.1) is 11.3 Å². The van der Waals surface area contributed by atoms with Crippen molar-refractivity contribution in [2.24, 2.45) is 0 Å². The van der Waals surface area contributed by atoms with Gasteiger partial charge in [-0.15, -0.1) is 0 Å². The predicted molar refractivity (Wildman–Crippen MR) is 180 cm³/mol. The molecule has 8 rings (SSSR count). The van der Waals surface area contributed by atoms with E-state index in [1.165, 1.54) is 22.3 Å². The Balaban J connectivity index is 1.33. The van der Waals surface area contributed by atoms with Gasteiger partial charge in [-0.2, -0.15) is 5.26 Å². The van der Waals surface area contributed by atoms with Crippen molar-refractivity contribution in [2.75, 3.05) is 0 Å². The van der Waals surface area contributed by atoms with Crippen molar-refractivity contribution >= 4 is 21.5 Å². The van der Waals surface area contributed by atoms with Gasteiger partial charge in [-0.25, -0.2) is 0 Å². The summed E-state index contributed by atoms with van der Waals surface area (Å²) in [7, 11) is 0. The Kier molecular flexibility index (Phi) is 4.54. The van der Waals surface area contributed by atoms with Crippen LogP contribution in [-0.2, 0) is 5.41 Å². The molecule has 0 unspecified atom stereocenters. The molecule has 0 heterocycles. The van der Waals surface area contributed by atoms with Crippen LogP contribution in [-0.4, -0.2) is 0 Å². The Hall–Kier alpha value is -5.45. The fourth-order valence-corrected chi connectivity index (χ4v) is 6.91. The van der Waals surface area contributed by atoms with Crippen molar-refractivity contribution in [3.05, 3.63) is 156 Å². The first-order valence-corrected chi connectivity index (χ1v) is 14.4. The molecule has 0 radical (unpaired) electrons. The molecule has 7 aromatic carbocycles. The molecule has 1 heteroatoms. The van der Waals surface area contributed by atoms with Gasteiger partial charge in [0.1, 0.15) is 0 Å². The average molecular weight is 553 g/mol. The Morgan fingerprint density at radius 3 is 1.60 bits per heavy atom. The maximum absolute atomic E-state index is 9.59. The van der Waals surface area contributed by atoms with E-state index in [1.54, 1.807) is 0 Å². The third-order valence-corrected chi connectivity index (χ3v) is 8.99. The standard InChI is InChI=1S/C42H29N/c1-42(2)38-24-27(26-43)16-22-32(38)33-23-21-31(25-39(33)42)41-36-14-8-6-12-34(36)40(35-13-7-9-15-37(35)41)30-19-17-29(18-20-30)28-10-4-3-5-11-28/h3-25H,1-2H3/i3D,4D,5D,10D,11D. The number of hydrogen-bond donors (Lipinski definition) is 0. The van der Waals surface area contributed by atoms with Crippen molar-refractivity contribution in [1.82, 2.24) is 0 Å². The molecule has 0 amide bonds. The third-order valence-electron chi connectivity index (χ3n) is 8.99. The largest absolute Gasteiger partial charge is 0.192 e. The maximum Gasteiger partial charge on any atom is 0.0991 e. The van der Waals surface area contributed by atoms with Gasteiger partial charge in [0.15, 0.2) is 0 Å². The van der Waals surface area contributed by atoms with Crippen molar-refractivity contribution in [3.63, 3.8) is 0 Å². The number of fused-ring (bicyclic) bond motifs is 5. The SMILES string of the molecule is [2H]c1c([2H])c([2H])c(-c2ccc(-c3c4ccccc4c(-c4ccc5c(c4)C(C)(C)c4cc(C#N)ccc4-5)c4ccccc34)cc2)c([2H])c1[2H]. The highest BCUT2D eigenvalue weighted by molar-refractivity contribution is 6.21. The lowest BCUT2D eigenvalue weighted by Crippen LogP contribution is -2.15. The van der Waals surface area contributed by atoms with E-state index in [4.69, 9.17) is 6.85 Å². The minimum absolute atomic E-state index is 0.197. The summed E-state index contributed by atoms with van der Waals surface area (Å²) >= 11 is 0. The molecule has 0 aromatic heterocycles. The normalized spacial score (nSPS) is 14.7. The van der Waals surface area contributed by atoms with Gasteiger partial charge in [0, 0.05) is 5.41 Å². The lowest BCUT2D eigenvalue weighted by Gasteiger charge is -2.23. The number of nitrogens with zero attached hydrogens (tertiary/aromatic N) is 1. The predicted octanol–water partition coefficient (Wildman–Crippen LogP) is 11.2.